The van der Waals surface area contributed by atoms with E-state index in [1.165, 1.54) is 4.88 Å². The van der Waals surface area contributed by atoms with E-state index in [1.54, 1.807) is 16.2 Å². The van der Waals surface area contributed by atoms with Crippen molar-refractivity contribution in [2.45, 2.75) is 39.5 Å². The van der Waals surface area contributed by atoms with Crippen molar-refractivity contribution in [3.05, 3.63) is 21.4 Å². The van der Waals surface area contributed by atoms with Crippen LogP contribution in [-0.4, -0.2) is 59.5 Å². The highest BCUT2D eigenvalue weighted by atomic mass is 32.1. The largest absolute Gasteiger partial charge is 0.395 e. The third-order valence-corrected chi connectivity index (χ3v) is 6.48. The van der Waals surface area contributed by atoms with E-state index in [2.05, 4.69) is 13.8 Å². The van der Waals surface area contributed by atoms with Gasteiger partial charge in [-0.05, 0) is 38.2 Å². The molecule has 24 heavy (non-hydrogen) atoms. The van der Waals surface area contributed by atoms with Crippen LogP contribution in [0, 0.1) is 12.3 Å². The van der Waals surface area contributed by atoms with Gasteiger partial charge in [0, 0.05) is 36.4 Å². The maximum atomic E-state index is 12.9. The quantitative estimate of drug-likeness (QED) is 0.904. The van der Waals surface area contributed by atoms with E-state index in [0.717, 1.165) is 43.4 Å². The van der Waals surface area contributed by atoms with Crippen LogP contribution >= 0.6 is 11.3 Å². The second-order valence-corrected chi connectivity index (χ2v) is 8.00. The lowest BCUT2D eigenvalue weighted by atomic mass is 9.78. The summed E-state index contributed by atoms with van der Waals surface area (Å²) in [6, 6.07) is 0. The Morgan fingerprint density at radius 2 is 2.17 bits per heavy atom. The van der Waals surface area contributed by atoms with E-state index in [-0.39, 0.29) is 18.4 Å². The molecule has 1 atom stereocenters. The summed E-state index contributed by atoms with van der Waals surface area (Å²) in [5.41, 5.74) is 1.52. The van der Waals surface area contributed by atoms with Crippen molar-refractivity contribution in [3.63, 3.8) is 0 Å². The number of rotatable bonds is 4. The highest BCUT2D eigenvalue weighted by Gasteiger charge is 2.49. The molecule has 1 aromatic rings. The summed E-state index contributed by atoms with van der Waals surface area (Å²) < 4.78 is 0. The summed E-state index contributed by atoms with van der Waals surface area (Å²) in [6.07, 6.45) is 3.40. The lowest BCUT2D eigenvalue weighted by molar-refractivity contribution is -0.146. The first-order chi connectivity index (χ1) is 11.5. The van der Waals surface area contributed by atoms with Crippen LogP contribution in [0.1, 0.15) is 47.0 Å². The van der Waals surface area contributed by atoms with Gasteiger partial charge in [0.15, 0.2) is 0 Å². The zero-order valence-corrected chi connectivity index (χ0v) is 15.3. The Balaban J connectivity index is 1.77. The Labute approximate surface area is 147 Å². The van der Waals surface area contributed by atoms with Crippen LogP contribution in [0.4, 0.5) is 0 Å². The molecule has 1 spiro atoms. The molecular formula is C18H26N2O3S. The van der Waals surface area contributed by atoms with Crippen molar-refractivity contribution in [1.82, 2.24) is 9.80 Å². The maximum Gasteiger partial charge on any atom is 0.255 e. The van der Waals surface area contributed by atoms with E-state index in [4.69, 9.17) is 5.11 Å². The molecule has 2 fully saturated rings. The van der Waals surface area contributed by atoms with Crippen molar-refractivity contribution in [2.75, 3.05) is 32.8 Å². The molecule has 0 bridgehead atoms. The predicted octanol–water partition coefficient (Wildman–Crippen LogP) is 2.07. The van der Waals surface area contributed by atoms with Crippen molar-refractivity contribution < 1.29 is 14.7 Å². The number of thiophene rings is 1. The first-order valence-corrected chi connectivity index (χ1v) is 9.67. The molecule has 0 aromatic carbocycles. The second kappa shape index (κ2) is 6.84. The number of β-amino-alcohol motifs (C(OH)–C–C–N with tert-alkyl or cyclic N) is 1. The minimum Gasteiger partial charge on any atom is -0.395 e. The first-order valence-electron chi connectivity index (χ1n) is 8.79. The minimum atomic E-state index is -0.430. The zero-order chi connectivity index (χ0) is 17.3. The Hall–Kier alpha value is -1.40. The summed E-state index contributed by atoms with van der Waals surface area (Å²) in [5, 5.41) is 11.1. The topological polar surface area (TPSA) is 60.9 Å². The second-order valence-electron chi connectivity index (χ2n) is 6.91. The predicted molar refractivity (Wildman–Crippen MR) is 94.3 cm³/mol. The van der Waals surface area contributed by atoms with E-state index in [1.807, 2.05) is 10.3 Å². The Morgan fingerprint density at radius 3 is 2.88 bits per heavy atom. The minimum absolute atomic E-state index is 0.00148. The molecule has 2 aliphatic rings. The van der Waals surface area contributed by atoms with E-state index < -0.39 is 5.41 Å². The van der Waals surface area contributed by atoms with Gasteiger partial charge in [-0.15, -0.1) is 11.3 Å². The highest BCUT2D eigenvalue weighted by molar-refractivity contribution is 7.10. The fourth-order valence-corrected chi connectivity index (χ4v) is 5.11. The fourth-order valence-electron chi connectivity index (χ4n) is 4.18. The molecule has 0 unspecified atom stereocenters. The molecule has 2 aliphatic heterocycles. The SMILES string of the molecule is CCc1c(C(=O)N2CC[C@]3(CCCN(CCO)C3=O)C2)csc1C. The normalized spacial score (nSPS) is 24.2. The summed E-state index contributed by atoms with van der Waals surface area (Å²) >= 11 is 1.63. The molecule has 2 amide bonds. The van der Waals surface area contributed by atoms with Gasteiger partial charge in [0.25, 0.3) is 5.91 Å². The van der Waals surface area contributed by atoms with Crippen LogP contribution in [0.25, 0.3) is 0 Å². The van der Waals surface area contributed by atoms with Gasteiger partial charge in [0.05, 0.1) is 17.6 Å². The molecule has 0 radical (unpaired) electrons. The van der Waals surface area contributed by atoms with Gasteiger partial charge >= 0.3 is 0 Å². The van der Waals surface area contributed by atoms with Crippen LogP contribution in [0.2, 0.25) is 0 Å². The zero-order valence-electron chi connectivity index (χ0n) is 14.5. The van der Waals surface area contributed by atoms with Gasteiger partial charge in [-0.3, -0.25) is 9.59 Å². The van der Waals surface area contributed by atoms with Crippen LogP contribution in [0.5, 0.6) is 0 Å². The van der Waals surface area contributed by atoms with Gasteiger partial charge in [0.1, 0.15) is 0 Å². The van der Waals surface area contributed by atoms with Crippen molar-refractivity contribution >= 4 is 23.2 Å². The van der Waals surface area contributed by atoms with Gasteiger partial charge in [-0.1, -0.05) is 6.92 Å². The number of aryl methyl sites for hydroxylation is 1. The van der Waals surface area contributed by atoms with Gasteiger partial charge < -0.3 is 14.9 Å². The van der Waals surface area contributed by atoms with Crippen molar-refractivity contribution in [3.8, 4) is 0 Å². The molecule has 0 saturated carbocycles. The smallest absolute Gasteiger partial charge is 0.255 e. The van der Waals surface area contributed by atoms with Gasteiger partial charge in [-0.25, -0.2) is 0 Å². The molecule has 0 aliphatic carbocycles. The maximum absolute atomic E-state index is 12.9. The molecule has 2 saturated heterocycles. The molecular weight excluding hydrogens is 324 g/mol. The number of aliphatic hydroxyl groups excluding tert-OH is 1. The summed E-state index contributed by atoms with van der Waals surface area (Å²) in [7, 11) is 0. The Morgan fingerprint density at radius 1 is 1.38 bits per heavy atom. The van der Waals surface area contributed by atoms with Gasteiger partial charge in [-0.2, -0.15) is 0 Å². The van der Waals surface area contributed by atoms with Crippen molar-refractivity contribution in [1.29, 1.82) is 0 Å². The van der Waals surface area contributed by atoms with E-state index in [0.29, 0.717) is 19.6 Å². The lowest BCUT2D eigenvalue weighted by Crippen LogP contribution is -2.51. The van der Waals surface area contributed by atoms with E-state index >= 15 is 0 Å². The number of hydrogen-bond acceptors (Lipinski definition) is 4. The average Bonchev–Trinajstić information content (AvgIpc) is 3.16. The van der Waals surface area contributed by atoms with Crippen LogP contribution in [0.3, 0.4) is 0 Å². The molecule has 132 valence electrons. The lowest BCUT2D eigenvalue weighted by Gasteiger charge is -2.39. The number of hydrogen-bond donors (Lipinski definition) is 1. The Bertz CT molecular complexity index is 640. The molecule has 1 aromatic heterocycles. The average molecular weight is 350 g/mol. The third kappa shape index (κ3) is 2.86. The Kier molecular flexibility index (Phi) is 4.97. The molecule has 3 rings (SSSR count). The molecule has 1 N–H and O–H groups in total. The number of piperidine rings is 1. The monoisotopic (exact) mass is 350 g/mol. The molecule has 3 heterocycles. The molecule has 5 nitrogen and oxygen atoms in total. The number of carbonyl (C=O) groups excluding carboxylic acids is 2. The van der Waals surface area contributed by atoms with Crippen LogP contribution < -0.4 is 0 Å². The highest BCUT2D eigenvalue weighted by Crippen LogP contribution is 2.40. The van der Waals surface area contributed by atoms with Crippen LogP contribution in [-0.2, 0) is 11.2 Å². The number of nitrogens with zero attached hydrogens (tertiary/aromatic N) is 2. The standard InChI is InChI=1S/C18H26N2O3S/c1-3-14-13(2)24-11-15(14)16(22)20-8-6-18(12-20)5-4-7-19(9-10-21)17(18)23/h11,21H,3-10,12H2,1-2H3/t18-/m1/s1. The summed E-state index contributed by atoms with van der Waals surface area (Å²) in [4.78, 5) is 30.6. The molecule has 6 heteroatoms. The fraction of sp³-hybridized carbons (Fsp3) is 0.667. The van der Waals surface area contributed by atoms with E-state index in [9.17, 15) is 9.59 Å². The number of amides is 2. The third-order valence-electron chi connectivity index (χ3n) is 5.52. The summed E-state index contributed by atoms with van der Waals surface area (Å²) in [5.74, 6) is 0.190. The van der Waals surface area contributed by atoms with Crippen molar-refractivity contribution in [2.24, 2.45) is 5.41 Å². The number of aliphatic hydroxyl groups is 1. The summed E-state index contributed by atoms with van der Waals surface area (Å²) in [6.45, 7) is 6.42. The number of carbonyl (C=O) groups is 2. The van der Waals surface area contributed by atoms with Gasteiger partial charge in [0.2, 0.25) is 5.91 Å². The first kappa shape index (κ1) is 17.4. The number of likely N-dealkylation sites (tertiary alicyclic amines) is 2. The van der Waals surface area contributed by atoms with Crippen LogP contribution in [0.15, 0.2) is 5.38 Å².